The van der Waals surface area contributed by atoms with Crippen LogP contribution in [0, 0.1) is 6.92 Å². The first kappa shape index (κ1) is 18.0. The largest absolute Gasteiger partial charge is 0.450 e. The standard InChI is InChI=1S/C20H18ClNO4/c1-12-16-10-15(21)8-9-17(16)26-19(12)20(24)25-11-18(23)22-13(2)14-6-4-3-5-7-14/h3-10,13H,11H2,1-2H3,(H,22,23)/t13-/m0/s1. The van der Waals surface area contributed by atoms with E-state index < -0.39 is 5.97 Å². The molecule has 0 unspecified atom stereocenters. The van der Waals surface area contributed by atoms with Gasteiger partial charge < -0.3 is 14.5 Å². The van der Waals surface area contributed by atoms with Crippen molar-refractivity contribution in [1.29, 1.82) is 0 Å². The van der Waals surface area contributed by atoms with Crippen LogP contribution >= 0.6 is 11.6 Å². The van der Waals surface area contributed by atoms with Crippen molar-refractivity contribution < 1.29 is 18.7 Å². The third kappa shape index (κ3) is 3.89. The van der Waals surface area contributed by atoms with Gasteiger partial charge in [0.05, 0.1) is 6.04 Å². The lowest BCUT2D eigenvalue weighted by Gasteiger charge is -2.14. The predicted molar refractivity (Wildman–Crippen MR) is 99.2 cm³/mol. The first-order valence-electron chi connectivity index (χ1n) is 8.16. The molecular weight excluding hydrogens is 354 g/mol. The highest BCUT2D eigenvalue weighted by atomic mass is 35.5. The molecule has 3 aromatic rings. The van der Waals surface area contributed by atoms with E-state index in [0.29, 0.717) is 16.2 Å². The molecule has 1 aromatic heterocycles. The Morgan fingerprint density at radius 1 is 1.19 bits per heavy atom. The second kappa shape index (κ2) is 7.62. The van der Waals surface area contributed by atoms with E-state index in [1.165, 1.54) is 0 Å². The van der Waals surface area contributed by atoms with E-state index in [0.717, 1.165) is 10.9 Å². The summed E-state index contributed by atoms with van der Waals surface area (Å²) in [7, 11) is 0. The summed E-state index contributed by atoms with van der Waals surface area (Å²) in [5.74, 6) is -0.991. The minimum absolute atomic E-state index is 0.0752. The van der Waals surface area contributed by atoms with Gasteiger partial charge in [0.15, 0.2) is 6.61 Å². The number of esters is 1. The van der Waals surface area contributed by atoms with Crippen LogP contribution < -0.4 is 5.32 Å². The van der Waals surface area contributed by atoms with Crippen molar-refractivity contribution in [3.8, 4) is 0 Å². The lowest BCUT2D eigenvalue weighted by Crippen LogP contribution is -2.31. The van der Waals surface area contributed by atoms with Crippen molar-refractivity contribution >= 4 is 34.4 Å². The van der Waals surface area contributed by atoms with Crippen molar-refractivity contribution in [1.82, 2.24) is 5.32 Å². The van der Waals surface area contributed by atoms with Crippen molar-refractivity contribution in [2.45, 2.75) is 19.9 Å². The smallest absolute Gasteiger partial charge is 0.375 e. The predicted octanol–water partition coefficient (Wildman–Crippen LogP) is 4.43. The fourth-order valence-electron chi connectivity index (χ4n) is 2.69. The molecule has 0 saturated carbocycles. The molecule has 6 heteroatoms. The minimum Gasteiger partial charge on any atom is -0.450 e. The highest BCUT2D eigenvalue weighted by Gasteiger charge is 2.20. The molecule has 26 heavy (non-hydrogen) atoms. The van der Waals surface area contributed by atoms with Gasteiger partial charge in [-0.05, 0) is 37.6 Å². The average molecular weight is 372 g/mol. The van der Waals surface area contributed by atoms with Crippen LogP contribution in [0.15, 0.2) is 52.9 Å². The Bertz CT molecular complexity index is 949. The number of rotatable bonds is 5. The second-order valence-electron chi connectivity index (χ2n) is 5.97. The topological polar surface area (TPSA) is 68.5 Å². The number of nitrogens with one attached hydrogen (secondary N) is 1. The van der Waals surface area contributed by atoms with Gasteiger partial charge >= 0.3 is 5.97 Å². The molecule has 1 N–H and O–H groups in total. The Kier molecular flexibility index (Phi) is 5.28. The molecule has 0 radical (unpaired) electrons. The average Bonchev–Trinajstić information content (AvgIpc) is 2.97. The van der Waals surface area contributed by atoms with E-state index in [4.69, 9.17) is 20.8 Å². The molecule has 0 saturated heterocycles. The van der Waals surface area contributed by atoms with Gasteiger partial charge in [0.2, 0.25) is 5.76 Å². The summed E-state index contributed by atoms with van der Waals surface area (Å²) in [5.41, 5.74) is 2.14. The number of furan rings is 1. The number of carbonyl (C=O) groups excluding carboxylic acids is 2. The summed E-state index contributed by atoms with van der Waals surface area (Å²) in [6, 6.07) is 14.4. The van der Waals surface area contributed by atoms with E-state index in [9.17, 15) is 9.59 Å². The van der Waals surface area contributed by atoms with Crippen LogP contribution in [-0.4, -0.2) is 18.5 Å². The van der Waals surface area contributed by atoms with Gasteiger partial charge in [-0.15, -0.1) is 0 Å². The number of carbonyl (C=O) groups is 2. The van der Waals surface area contributed by atoms with Crippen molar-refractivity contribution in [3.63, 3.8) is 0 Å². The molecule has 3 rings (SSSR count). The normalized spacial score (nSPS) is 12.0. The summed E-state index contributed by atoms with van der Waals surface area (Å²) >= 11 is 5.97. The molecule has 0 aliphatic carbocycles. The summed E-state index contributed by atoms with van der Waals surface area (Å²) in [5, 5.41) is 4.08. The lowest BCUT2D eigenvalue weighted by atomic mass is 10.1. The van der Waals surface area contributed by atoms with Gasteiger partial charge in [-0.2, -0.15) is 0 Å². The Hall–Kier alpha value is -2.79. The zero-order chi connectivity index (χ0) is 18.7. The molecule has 0 fully saturated rings. The summed E-state index contributed by atoms with van der Waals surface area (Å²) < 4.78 is 10.6. The number of benzene rings is 2. The van der Waals surface area contributed by atoms with Crippen molar-refractivity contribution in [3.05, 3.63) is 70.4 Å². The van der Waals surface area contributed by atoms with Crippen LogP contribution in [0.25, 0.3) is 11.0 Å². The van der Waals surface area contributed by atoms with E-state index in [2.05, 4.69) is 5.32 Å². The second-order valence-corrected chi connectivity index (χ2v) is 6.41. The van der Waals surface area contributed by atoms with Crippen LogP contribution in [0.1, 0.15) is 34.6 Å². The van der Waals surface area contributed by atoms with Crippen LogP contribution in [0.4, 0.5) is 0 Å². The Labute approximate surface area is 155 Å². The number of halogens is 1. The van der Waals surface area contributed by atoms with E-state index in [1.54, 1.807) is 25.1 Å². The van der Waals surface area contributed by atoms with E-state index in [1.807, 2.05) is 37.3 Å². The summed E-state index contributed by atoms with van der Waals surface area (Å²) in [4.78, 5) is 24.3. The van der Waals surface area contributed by atoms with E-state index in [-0.39, 0.29) is 24.3 Å². The maximum atomic E-state index is 12.3. The van der Waals surface area contributed by atoms with Crippen LogP contribution in [-0.2, 0) is 9.53 Å². The molecule has 0 bridgehead atoms. The van der Waals surface area contributed by atoms with Gasteiger partial charge in [0, 0.05) is 16.0 Å². The first-order chi connectivity index (χ1) is 12.5. The highest BCUT2D eigenvalue weighted by molar-refractivity contribution is 6.31. The maximum Gasteiger partial charge on any atom is 0.375 e. The van der Waals surface area contributed by atoms with Gasteiger partial charge in [0.1, 0.15) is 5.58 Å². The number of hydrogen-bond donors (Lipinski definition) is 1. The minimum atomic E-state index is -0.683. The van der Waals surface area contributed by atoms with Gasteiger partial charge in [0.25, 0.3) is 5.91 Å². The van der Waals surface area contributed by atoms with Crippen LogP contribution in [0.2, 0.25) is 5.02 Å². The number of fused-ring (bicyclic) bond motifs is 1. The number of amides is 1. The van der Waals surface area contributed by atoms with E-state index >= 15 is 0 Å². The quantitative estimate of drug-likeness (QED) is 0.674. The Morgan fingerprint density at radius 2 is 1.92 bits per heavy atom. The third-order valence-corrected chi connectivity index (χ3v) is 4.33. The lowest BCUT2D eigenvalue weighted by molar-refractivity contribution is -0.124. The summed E-state index contributed by atoms with van der Waals surface area (Å²) in [6.07, 6.45) is 0. The summed E-state index contributed by atoms with van der Waals surface area (Å²) in [6.45, 7) is 3.23. The Balaban J connectivity index is 1.62. The molecule has 0 aliphatic heterocycles. The van der Waals surface area contributed by atoms with Crippen LogP contribution in [0.3, 0.4) is 0 Å². The highest BCUT2D eigenvalue weighted by Crippen LogP contribution is 2.28. The third-order valence-electron chi connectivity index (χ3n) is 4.10. The molecule has 1 atom stereocenters. The number of ether oxygens (including phenoxy) is 1. The first-order valence-corrected chi connectivity index (χ1v) is 8.53. The molecule has 0 aliphatic rings. The zero-order valence-electron chi connectivity index (χ0n) is 14.4. The fourth-order valence-corrected chi connectivity index (χ4v) is 2.86. The zero-order valence-corrected chi connectivity index (χ0v) is 15.2. The Morgan fingerprint density at radius 3 is 2.65 bits per heavy atom. The molecule has 5 nitrogen and oxygen atoms in total. The van der Waals surface area contributed by atoms with Gasteiger partial charge in [-0.25, -0.2) is 4.79 Å². The SMILES string of the molecule is Cc1c(C(=O)OCC(=O)N[C@@H](C)c2ccccc2)oc2ccc(Cl)cc12. The fraction of sp³-hybridized carbons (Fsp3) is 0.200. The van der Waals surface area contributed by atoms with Gasteiger partial charge in [-0.3, -0.25) is 4.79 Å². The van der Waals surface area contributed by atoms with Crippen molar-refractivity contribution in [2.24, 2.45) is 0 Å². The molecule has 1 amide bonds. The number of hydrogen-bond acceptors (Lipinski definition) is 4. The monoisotopic (exact) mass is 371 g/mol. The molecular formula is C20H18ClNO4. The van der Waals surface area contributed by atoms with Crippen molar-refractivity contribution in [2.75, 3.05) is 6.61 Å². The molecule has 2 aromatic carbocycles. The molecule has 134 valence electrons. The molecule has 1 heterocycles. The van der Waals surface area contributed by atoms with Crippen LogP contribution in [0.5, 0.6) is 0 Å². The maximum absolute atomic E-state index is 12.3. The van der Waals surface area contributed by atoms with Gasteiger partial charge in [-0.1, -0.05) is 41.9 Å². The number of aryl methyl sites for hydroxylation is 1. The molecule has 0 spiro atoms.